The monoisotopic (exact) mass is 187 g/mol. The lowest BCUT2D eigenvalue weighted by atomic mass is 9.96. The Labute approximate surface area is 83.1 Å². The molecule has 0 aliphatic heterocycles. The Morgan fingerprint density at radius 1 is 1.31 bits per heavy atom. The van der Waals surface area contributed by atoms with Crippen LogP contribution in [0.3, 0.4) is 0 Å². The minimum absolute atomic E-state index is 0.00199. The molecule has 1 atom stereocenters. The maximum absolute atomic E-state index is 5.42. The molecule has 0 amide bonds. The van der Waals surface area contributed by atoms with Gasteiger partial charge >= 0.3 is 0 Å². The van der Waals surface area contributed by atoms with Crippen molar-refractivity contribution >= 4 is 0 Å². The van der Waals surface area contributed by atoms with E-state index in [-0.39, 0.29) is 5.60 Å². The molecule has 0 saturated heterocycles. The van der Waals surface area contributed by atoms with Crippen LogP contribution in [0, 0.1) is 0 Å². The lowest BCUT2D eigenvalue weighted by molar-refractivity contribution is 0.00648. The Kier molecular flexibility index (Phi) is 6.35. The van der Waals surface area contributed by atoms with Gasteiger partial charge in [0.05, 0.1) is 5.60 Å². The molecule has 0 rings (SSSR count). The normalized spacial score (nSPS) is 14.5. The van der Waals surface area contributed by atoms with E-state index in [1.54, 1.807) is 7.11 Å². The van der Waals surface area contributed by atoms with Crippen molar-refractivity contribution in [3.63, 3.8) is 0 Å². The molecule has 13 heavy (non-hydrogen) atoms. The summed E-state index contributed by atoms with van der Waals surface area (Å²) in [6, 6.07) is 0.602. The molecule has 1 N–H and O–H groups in total. The molecule has 2 nitrogen and oxygen atoms in total. The van der Waals surface area contributed by atoms with Gasteiger partial charge < -0.3 is 10.1 Å². The van der Waals surface area contributed by atoms with Gasteiger partial charge in [-0.25, -0.2) is 0 Å². The summed E-state index contributed by atoms with van der Waals surface area (Å²) >= 11 is 0. The van der Waals surface area contributed by atoms with Crippen molar-refractivity contribution in [3.05, 3.63) is 0 Å². The molecule has 0 aromatic heterocycles. The Morgan fingerprint density at radius 3 is 2.31 bits per heavy atom. The second-order valence-corrected chi connectivity index (χ2v) is 4.21. The Hall–Kier alpha value is -0.0800. The predicted molar refractivity (Wildman–Crippen MR) is 58.1 cm³/mol. The molecule has 0 aliphatic rings. The minimum atomic E-state index is 0.00199. The van der Waals surface area contributed by atoms with E-state index in [0.717, 1.165) is 13.0 Å². The summed E-state index contributed by atoms with van der Waals surface area (Å²) in [6.45, 7) is 9.72. The Bertz CT molecular complexity index is 117. The molecule has 0 aromatic carbocycles. The summed E-state index contributed by atoms with van der Waals surface area (Å²) < 4.78 is 5.42. The summed E-state index contributed by atoms with van der Waals surface area (Å²) in [4.78, 5) is 0. The van der Waals surface area contributed by atoms with E-state index in [9.17, 15) is 0 Å². The van der Waals surface area contributed by atoms with E-state index in [4.69, 9.17) is 4.74 Å². The van der Waals surface area contributed by atoms with Crippen LogP contribution in [0.2, 0.25) is 0 Å². The van der Waals surface area contributed by atoms with E-state index in [2.05, 4.69) is 33.0 Å². The molecule has 0 radical (unpaired) electrons. The third-order valence-corrected chi connectivity index (χ3v) is 2.42. The zero-order valence-electron chi connectivity index (χ0n) is 9.81. The molecule has 80 valence electrons. The van der Waals surface area contributed by atoms with Crippen molar-refractivity contribution in [1.29, 1.82) is 0 Å². The van der Waals surface area contributed by atoms with Crippen LogP contribution in [-0.2, 0) is 4.74 Å². The van der Waals surface area contributed by atoms with Crippen LogP contribution in [0.4, 0.5) is 0 Å². The fourth-order valence-electron chi connectivity index (χ4n) is 1.59. The molecule has 0 bridgehead atoms. The van der Waals surface area contributed by atoms with Crippen LogP contribution in [0.5, 0.6) is 0 Å². The summed E-state index contributed by atoms with van der Waals surface area (Å²) in [5, 5.41) is 3.49. The molecule has 0 fully saturated rings. The first-order valence-corrected chi connectivity index (χ1v) is 5.34. The first kappa shape index (κ1) is 12.9. The Balaban J connectivity index is 3.92. The number of rotatable bonds is 7. The summed E-state index contributed by atoms with van der Waals surface area (Å²) in [5.41, 5.74) is 0.00199. The average Bonchev–Trinajstić information content (AvgIpc) is 2.05. The van der Waals surface area contributed by atoms with Crippen LogP contribution in [0.1, 0.15) is 47.0 Å². The van der Waals surface area contributed by atoms with Gasteiger partial charge in [-0.3, -0.25) is 0 Å². The predicted octanol–water partition coefficient (Wildman–Crippen LogP) is 2.58. The van der Waals surface area contributed by atoms with Crippen molar-refractivity contribution in [2.75, 3.05) is 13.7 Å². The third kappa shape index (κ3) is 6.05. The molecular weight excluding hydrogens is 162 g/mol. The van der Waals surface area contributed by atoms with Crippen LogP contribution >= 0.6 is 0 Å². The van der Waals surface area contributed by atoms with E-state index < -0.39 is 0 Å². The summed E-state index contributed by atoms with van der Waals surface area (Å²) in [5.74, 6) is 0. The maximum atomic E-state index is 5.42. The van der Waals surface area contributed by atoms with Crippen LogP contribution in [0.25, 0.3) is 0 Å². The van der Waals surface area contributed by atoms with Crippen molar-refractivity contribution < 1.29 is 4.74 Å². The molecule has 0 spiro atoms. The van der Waals surface area contributed by atoms with Crippen molar-refractivity contribution in [2.45, 2.75) is 58.6 Å². The molecule has 0 aliphatic carbocycles. The number of hydrogen-bond donors (Lipinski definition) is 1. The van der Waals surface area contributed by atoms with E-state index in [1.807, 2.05) is 0 Å². The van der Waals surface area contributed by atoms with E-state index >= 15 is 0 Å². The fourth-order valence-corrected chi connectivity index (χ4v) is 1.59. The molecular formula is C11H25NO. The maximum Gasteiger partial charge on any atom is 0.0637 e. The van der Waals surface area contributed by atoms with Crippen molar-refractivity contribution in [2.24, 2.45) is 0 Å². The first-order chi connectivity index (χ1) is 6.05. The zero-order chi connectivity index (χ0) is 10.3. The first-order valence-electron chi connectivity index (χ1n) is 5.34. The van der Waals surface area contributed by atoms with Crippen molar-refractivity contribution in [3.8, 4) is 0 Å². The highest BCUT2D eigenvalue weighted by Crippen LogP contribution is 2.17. The smallest absolute Gasteiger partial charge is 0.0637 e. The van der Waals surface area contributed by atoms with Crippen molar-refractivity contribution in [1.82, 2.24) is 5.32 Å². The molecule has 0 saturated carbocycles. The SMILES string of the molecule is CCCC(CC(C)(C)OC)NCC. The van der Waals surface area contributed by atoms with Gasteiger partial charge in [-0.15, -0.1) is 0 Å². The van der Waals surface area contributed by atoms with Crippen LogP contribution in [0.15, 0.2) is 0 Å². The minimum Gasteiger partial charge on any atom is -0.379 e. The quantitative estimate of drug-likeness (QED) is 0.661. The molecule has 0 heterocycles. The molecule has 1 unspecified atom stereocenters. The lowest BCUT2D eigenvalue weighted by Crippen LogP contribution is -2.37. The number of methoxy groups -OCH3 is 1. The van der Waals surface area contributed by atoms with Gasteiger partial charge in [0.15, 0.2) is 0 Å². The van der Waals surface area contributed by atoms with Gasteiger partial charge in [0.25, 0.3) is 0 Å². The molecule has 0 aromatic rings. The highest BCUT2D eigenvalue weighted by Gasteiger charge is 2.21. The largest absolute Gasteiger partial charge is 0.379 e. The molecule has 2 heteroatoms. The number of ether oxygens (including phenoxy) is 1. The zero-order valence-corrected chi connectivity index (χ0v) is 9.81. The summed E-state index contributed by atoms with van der Waals surface area (Å²) in [6.07, 6.45) is 3.56. The topological polar surface area (TPSA) is 21.3 Å². The fraction of sp³-hybridized carbons (Fsp3) is 1.00. The number of hydrogen-bond acceptors (Lipinski definition) is 2. The Morgan fingerprint density at radius 2 is 1.92 bits per heavy atom. The van der Waals surface area contributed by atoms with Crippen LogP contribution < -0.4 is 5.32 Å². The van der Waals surface area contributed by atoms with Gasteiger partial charge in [-0.2, -0.15) is 0 Å². The number of nitrogens with one attached hydrogen (secondary N) is 1. The lowest BCUT2D eigenvalue weighted by Gasteiger charge is -2.28. The van der Waals surface area contributed by atoms with E-state index in [0.29, 0.717) is 6.04 Å². The highest BCUT2D eigenvalue weighted by molar-refractivity contribution is 4.77. The second kappa shape index (κ2) is 6.39. The standard InChI is InChI=1S/C11H25NO/c1-6-8-10(12-7-2)9-11(3,4)13-5/h10,12H,6-9H2,1-5H3. The highest BCUT2D eigenvalue weighted by atomic mass is 16.5. The third-order valence-electron chi connectivity index (χ3n) is 2.42. The van der Waals surface area contributed by atoms with Gasteiger partial charge in [0.1, 0.15) is 0 Å². The van der Waals surface area contributed by atoms with Gasteiger partial charge in [-0.1, -0.05) is 20.3 Å². The van der Waals surface area contributed by atoms with Crippen LogP contribution in [-0.4, -0.2) is 25.3 Å². The van der Waals surface area contributed by atoms with E-state index in [1.165, 1.54) is 12.8 Å². The average molecular weight is 187 g/mol. The van der Waals surface area contributed by atoms with Gasteiger partial charge in [0, 0.05) is 13.2 Å². The second-order valence-electron chi connectivity index (χ2n) is 4.21. The van der Waals surface area contributed by atoms with Gasteiger partial charge in [0.2, 0.25) is 0 Å². The van der Waals surface area contributed by atoms with Gasteiger partial charge in [-0.05, 0) is 33.2 Å². The summed E-state index contributed by atoms with van der Waals surface area (Å²) in [7, 11) is 1.79.